The Labute approximate surface area is 82.1 Å². The summed E-state index contributed by atoms with van der Waals surface area (Å²) in [5, 5.41) is 11.0. The second-order valence-corrected chi connectivity index (χ2v) is 4.77. The number of nitrogens with zero attached hydrogens (tertiary/aromatic N) is 5. The molecule has 0 amide bonds. The summed E-state index contributed by atoms with van der Waals surface area (Å²) in [4.78, 5) is 1.26. The molecule has 0 aliphatic heterocycles. The molecule has 14 heavy (non-hydrogen) atoms. The molecular weight excluding hydrogens is 208 g/mol. The molecule has 0 saturated carbocycles. The van der Waals surface area contributed by atoms with E-state index in [1.165, 1.54) is 18.9 Å². The fourth-order valence-electron chi connectivity index (χ4n) is 0.679. The number of aromatic nitrogens is 4. The van der Waals surface area contributed by atoms with Crippen LogP contribution in [-0.2, 0) is 23.8 Å². The molecule has 1 rings (SSSR count). The van der Waals surface area contributed by atoms with Crippen molar-refractivity contribution in [1.82, 2.24) is 29.2 Å². The number of hydrogen-bond acceptors (Lipinski definition) is 5. The van der Waals surface area contributed by atoms with Gasteiger partial charge in [0.2, 0.25) is 0 Å². The van der Waals surface area contributed by atoms with Gasteiger partial charge in [0.05, 0.1) is 13.6 Å². The fraction of sp³-hybridized carbons (Fsp3) is 0.800. The molecule has 1 N–H and O–H groups in total. The van der Waals surface area contributed by atoms with Gasteiger partial charge >= 0.3 is 0 Å². The van der Waals surface area contributed by atoms with Crippen LogP contribution in [0.2, 0.25) is 0 Å². The summed E-state index contributed by atoms with van der Waals surface area (Å²) in [5.41, 5.74) is 0. The molecule has 0 saturated heterocycles. The maximum absolute atomic E-state index is 11.2. The molecule has 0 bridgehead atoms. The first-order valence-corrected chi connectivity index (χ1v) is 5.26. The monoisotopic (exact) mass is 220 g/mol. The first-order chi connectivity index (χ1) is 6.42. The Balaban J connectivity index is 2.57. The van der Waals surface area contributed by atoms with E-state index in [1.807, 2.05) is 0 Å². The molecule has 1 aromatic rings. The Hall–Kier alpha value is -1.06. The van der Waals surface area contributed by atoms with Crippen molar-refractivity contribution in [2.45, 2.75) is 6.54 Å². The zero-order valence-electron chi connectivity index (χ0n) is 8.17. The van der Waals surface area contributed by atoms with E-state index < -0.39 is 10.2 Å². The number of nitrogens with one attached hydrogen (secondary N) is 1. The van der Waals surface area contributed by atoms with Gasteiger partial charge in [0.1, 0.15) is 0 Å². The summed E-state index contributed by atoms with van der Waals surface area (Å²) >= 11 is 0. The van der Waals surface area contributed by atoms with E-state index in [0.29, 0.717) is 5.82 Å². The van der Waals surface area contributed by atoms with Crippen LogP contribution in [0.5, 0.6) is 0 Å². The van der Waals surface area contributed by atoms with Gasteiger partial charge in [-0.25, -0.2) is 0 Å². The van der Waals surface area contributed by atoms with Crippen molar-refractivity contribution in [2.75, 3.05) is 14.1 Å². The third-order valence-electron chi connectivity index (χ3n) is 1.44. The molecule has 0 atom stereocenters. The molecule has 0 fully saturated rings. The van der Waals surface area contributed by atoms with E-state index in [2.05, 4.69) is 20.1 Å². The van der Waals surface area contributed by atoms with Crippen LogP contribution < -0.4 is 4.72 Å². The van der Waals surface area contributed by atoms with Crippen LogP contribution in [0.25, 0.3) is 0 Å². The molecule has 0 spiro atoms. The smallest absolute Gasteiger partial charge is 0.195 e. The number of rotatable bonds is 4. The lowest BCUT2D eigenvalue weighted by Crippen LogP contribution is -2.35. The predicted octanol–water partition coefficient (Wildman–Crippen LogP) is -1.89. The van der Waals surface area contributed by atoms with Crippen LogP contribution in [0, 0.1) is 0 Å². The van der Waals surface area contributed by atoms with Gasteiger partial charge in [0.25, 0.3) is 10.2 Å². The summed E-state index contributed by atoms with van der Waals surface area (Å²) in [6.07, 6.45) is 0. The van der Waals surface area contributed by atoms with E-state index in [9.17, 15) is 8.42 Å². The van der Waals surface area contributed by atoms with Gasteiger partial charge in [-0.2, -0.15) is 22.2 Å². The summed E-state index contributed by atoms with van der Waals surface area (Å²) < 4.78 is 25.9. The van der Waals surface area contributed by atoms with Crippen LogP contribution in [0.1, 0.15) is 5.82 Å². The maximum Gasteiger partial charge on any atom is 0.279 e. The second kappa shape index (κ2) is 3.98. The highest BCUT2D eigenvalue weighted by Gasteiger charge is 2.13. The van der Waals surface area contributed by atoms with Crippen molar-refractivity contribution < 1.29 is 8.42 Å². The summed E-state index contributed by atoms with van der Waals surface area (Å²) in [5.74, 6) is 0.331. The third kappa shape index (κ3) is 2.72. The Morgan fingerprint density at radius 2 is 2.14 bits per heavy atom. The lowest BCUT2D eigenvalue weighted by molar-refractivity contribution is 0.503. The quantitative estimate of drug-likeness (QED) is 0.640. The minimum Gasteiger partial charge on any atom is -0.195 e. The summed E-state index contributed by atoms with van der Waals surface area (Å²) in [7, 11) is 1.06. The van der Waals surface area contributed by atoms with Crippen LogP contribution in [0.4, 0.5) is 0 Å². The molecule has 8 nitrogen and oxygen atoms in total. The molecule has 80 valence electrons. The standard InChI is InChI=1S/C5H12N6O2S/c1-10(2)14(12,13)6-4-5-7-9-11(3)8-5/h6H,4H2,1-3H3. The van der Waals surface area contributed by atoms with Crippen molar-refractivity contribution in [3.63, 3.8) is 0 Å². The van der Waals surface area contributed by atoms with E-state index >= 15 is 0 Å². The Morgan fingerprint density at radius 3 is 2.57 bits per heavy atom. The molecule has 9 heteroatoms. The van der Waals surface area contributed by atoms with Crippen molar-refractivity contribution >= 4 is 10.2 Å². The number of tetrazole rings is 1. The zero-order chi connectivity index (χ0) is 10.8. The van der Waals surface area contributed by atoms with Gasteiger partial charge in [0.15, 0.2) is 5.82 Å². The molecule has 1 heterocycles. The number of hydrogen-bond donors (Lipinski definition) is 1. The molecule has 1 aromatic heterocycles. The highest BCUT2D eigenvalue weighted by Crippen LogP contribution is 1.91. The van der Waals surface area contributed by atoms with E-state index in [4.69, 9.17) is 0 Å². The minimum absolute atomic E-state index is 0.0361. The zero-order valence-corrected chi connectivity index (χ0v) is 8.98. The molecule has 0 radical (unpaired) electrons. The van der Waals surface area contributed by atoms with Gasteiger partial charge in [-0.3, -0.25) is 0 Å². The van der Waals surface area contributed by atoms with Gasteiger partial charge in [-0.15, -0.1) is 10.2 Å². The van der Waals surface area contributed by atoms with Crippen LogP contribution in [0.3, 0.4) is 0 Å². The maximum atomic E-state index is 11.2. The number of aryl methyl sites for hydroxylation is 1. The van der Waals surface area contributed by atoms with E-state index in [-0.39, 0.29) is 6.54 Å². The fourth-order valence-corrected chi connectivity index (χ4v) is 1.25. The van der Waals surface area contributed by atoms with E-state index in [0.717, 1.165) is 4.31 Å². The lowest BCUT2D eigenvalue weighted by atomic mass is 10.6. The van der Waals surface area contributed by atoms with Crippen LogP contribution >= 0.6 is 0 Å². The highest BCUT2D eigenvalue weighted by molar-refractivity contribution is 7.87. The Morgan fingerprint density at radius 1 is 1.50 bits per heavy atom. The molecular formula is C5H12N6O2S. The highest BCUT2D eigenvalue weighted by atomic mass is 32.2. The summed E-state index contributed by atoms with van der Waals surface area (Å²) in [6.45, 7) is 0.0361. The lowest BCUT2D eigenvalue weighted by Gasteiger charge is -2.10. The van der Waals surface area contributed by atoms with Crippen molar-refractivity contribution in [3.8, 4) is 0 Å². The molecule has 0 aliphatic rings. The van der Waals surface area contributed by atoms with Gasteiger partial charge in [-0.1, -0.05) is 0 Å². The minimum atomic E-state index is -3.42. The van der Waals surface area contributed by atoms with Gasteiger partial charge in [0, 0.05) is 14.1 Å². The Kier molecular flexibility index (Phi) is 3.13. The molecule has 0 aromatic carbocycles. The van der Waals surface area contributed by atoms with Crippen LogP contribution in [-0.4, -0.2) is 47.0 Å². The van der Waals surface area contributed by atoms with Gasteiger partial charge in [-0.05, 0) is 5.21 Å². The van der Waals surface area contributed by atoms with E-state index in [1.54, 1.807) is 7.05 Å². The largest absolute Gasteiger partial charge is 0.279 e. The molecule has 0 aliphatic carbocycles. The average Bonchev–Trinajstić information content (AvgIpc) is 2.48. The van der Waals surface area contributed by atoms with Crippen molar-refractivity contribution in [1.29, 1.82) is 0 Å². The van der Waals surface area contributed by atoms with Crippen molar-refractivity contribution in [3.05, 3.63) is 5.82 Å². The average molecular weight is 220 g/mol. The predicted molar refractivity (Wildman–Crippen MR) is 48.2 cm³/mol. The first-order valence-electron chi connectivity index (χ1n) is 3.82. The SMILES string of the molecule is CN(C)S(=O)(=O)NCc1nnn(C)n1. The normalized spacial score (nSPS) is 12.3. The van der Waals surface area contributed by atoms with Crippen LogP contribution in [0.15, 0.2) is 0 Å². The van der Waals surface area contributed by atoms with Crippen molar-refractivity contribution in [2.24, 2.45) is 7.05 Å². The first kappa shape index (κ1) is 11.0. The molecule has 0 unspecified atom stereocenters. The summed E-state index contributed by atoms with van der Waals surface area (Å²) in [6, 6.07) is 0. The van der Waals surface area contributed by atoms with Gasteiger partial charge < -0.3 is 0 Å². The second-order valence-electron chi connectivity index (χ2n) is 2.80. The third-order valence-corrected chi connectivity index (χ3v) is 2.91. The topological polar surface area (TPSA) is 93.0 Å². The Bertz CT molecular complexity index is 396.